The zero-order valence-corrected chi connectivity index (χ0v) is 18.7. The quantitative estimate of drug-likeness (QED) is 0.265. The van der Waals surface area contributed by atoms with Crippen LogP contribution in [-0.2, 0) is 9.59 Å². The molecule has 1 saturated heterocycles. The summed E-state index contributed by atoms with van der Waals surface area (Å²) in [5.41, 5.74) is 1.36. The molecule has 2 aromatic rings. The number of likely N-dealkylation sites (tertiary alicyclic amines) is 1. The molecule has 6 heteroatoms. The Kier molecular flexibility index (Phi) is 7.84. The number of likely N-dealkylation sites (N-methyl/N-ethyl adjacent to an activating group) is 1. The van der Waals surface area contributed by atoms with Crippen LogP contribution in [0.3, 0.4) is 0 Å². The molecule has 1 amide bonds. The largest absolute Gasteiger partial charge is 0.507 e. The lowest BCUT2D eigenvalue weighted by molar-refractivity contribution is -0.140. The number of rotatable bonds is 10. The number of benzene rings is 2. The molecule has 0 radical (unpaired) electrons. The minimum atomic E-state index is -0.667. The lowest BCUT2D eigenvalue weighted by Crippen LogP contribution is -2.38. The van der Waals surface area contributed by atoms with Crippen molar-refractivity contribution >= 4 is 17.4 Å². The van der Waals surface area contributed by atoms with Crippen LogP contribution in [0.1, 0.15) is 31.0 Å². The molecule has 0 aromatic heterocycles. The number of carbonyl (C=O) groups excluding carboxylic acids is 2. The highest BCUT2D eigenvalue weighted by Crippen LogP contribution is 2.39. The summed E-state index contributed by atoms with van der Waals surface area (Å²) in [6.07, 6.45) is 1.66. The minimum absolute atomic E-state index is 0.112. The first-order valence-electron chi connectivity index (χ1n) is 10.9. The Bertz CT molecular complexity index is 979. The van der Waals surface area contributed by atoms with Gasteiger partial charge in [-0.15, -0.1) is 0 Å². The third-order valence-electron chi connectivity index (χ3n) is 5.70. The van der Waals surface area contributed by atoms with E-state index < -0.39 is 17.7 Å². The molecule has 0 bridgehead atoms. The van der Waals surface area contributed by atoms with Gasteiger partial charge in [-0.05, 0) is 30.8 Å². The molecule has 6 nitrogen and oxygen atoms in total. The number of hydrogen-bond acceptors (Lipinski definition) is 5. The fraction of sp³-hybridized carbons (Fsp3) is 0.308. The molecule has 1 aliphatic rings. The standard InChI is InChI=1S/C26H30N2O4/c1-4-18-32-21-14-12-19(13-15-21)23-22(24(29)20-10-8-7-9-11-20)25(30)26(31)28(23)17-16-27(5-2)6-3/h4,7-15,23,29H,1,5-6,16-18H2,2-3H3/t23-/m1/s1. The molecule has 0 unspecified atom stereocenters. The van der Waals surface area contributed by atoms with Gasteiger partial charge in [0.2, 0.25) is 0 Å². The van der Waals surface area contributed by atoms with Gasteiger partial charge in [0.1, 0.15) is 18.1 Å². The Labute approximate surface area is 189 Å². The Balaban J connectivity index is 2.04. The van der Waals surface area contributed by atoms with E-state index in [1.165, 1.54) is 0 Å². The number of aliphatic hydroxyl groups excluding tert-OH is 1. The van der Waals surface area contributed by atoms with E-state index in [0.29, 0.717) is 31.0 Å². The summed E-state index contributed by atoms with van der Waals surface area (Å²) in [6.45, 7) is 10.9. The summed E-state index contributed by atoms with van der Waals surface area (Å²) in [7, 11) is 0. The van der Waals surface area contributed by atoms with Crippen LogP contribution >= 0.6 is 0 Å². The van der Waals surface area contributed by atoms with E-state index in [9.17, 15) is 14.7 Å². The van der Waals surface area contributed by atoms with Crippen molar-refractivity contribution < 1.29 is 19.4 Å². The summed E-state index contributed by atoms with van der Waals surface area (Å²) >= 11 is 0. The second-order valence-electron chi connectivity index (χ2n) is 7.55. The van der Waals surface area contributed by atoms with E-state index in [4.69, 9.17) is 4.74 Å². The van der Waals surface area contributed by atoms with Crippen molar-refractivity contribution in [3.8, 4) is 5.75 Å². The van der Waals surface area contributed by atoms with Gasteiger partial charge in [-0.2, -0.15) is 0 Å². The zero-order chi connectivity index (χ0) is 23.1. The SMILES string of the molecule is C=CCOc1ccc([C@@H]2C(=C(O)c3ccccc3)C(=O)C(=O)N2CCN(CC)CC)cc1. The van der Waals surface area contributed by atoms with Gasteiger partial charge < -0.3 is 19.6 Å². The lowest BCUT2D eigenvalue weighted by Gasteiger charge is -2.28. The number of ether oxygens (including phenoxy) is 1. The highest BCUT2D eigenvalue weighted by atomic mass is 16.5. The number of amides is 1. The maximum Gasteiger partial charge on any atom is 0.295 e. The molecular formula is C26H30N2O4. The van der Waals surface area contributed by atoms with Crippen LogP contribution in [0.5, 0.6) is 5.75 Å². The highest BCUT2D eigenvalue weighted by molar-refractivity contribution is 6.46. The van der Waals surface area contributed by atoms with Crippen LogP contribution in [0.15, 0.2) is 72.8 Å². The normalized spacial score (nSPS) is 17.7. The first kappa shape index (κ1) is 23.3. The zero-order valence-electron chi connectivity index (χ0n) is 18.7. The molecule has 1 atom stereocenters. The lowest BCUT2D eigenvalue weighted by atomic mass is 9.95. The van der Waals surface area contributed by atoms with Gasteiger partial charge in [0, 0.05) is 18.7 Å². The van der Waals surface area contributed by atoms with Crippen LogP contribution in [-0.4, -0.2) is 59.4 Å². The first-order chi connectivity index (χ1) is 15.5. The maximum absolute atomic E-state index is 13.0. The summed E-state index contributed by atoms with van der Waals surface area (Å²) in [6, 6.07) is 15.4. The predicted molar refractivity (Wildman–Crippen MR) is 125 cm³/mol. The molecule has 0 spiro atoms. The molecule has 3 rings (SSSR count). The van der Waals surface area contributed by atoms with Gasteiger partial charge in [-0.25, -0.2) is 0 Å². The Morgan fingerprint density at radius 3 is 2.34 bits per heavy atom. The van der Waals surface area contributed by atoms with Gasteiger partial charge in [0.15, 0.2) is 0 Å². The van der Waals surface area contributed by atoms with E-state index in [0.717, 1.165) is 18.7 Å². The molecule has 1 N–H and O–H groups in total. The number of aliphatic hydroxyl groups is 1. The molecule has 2 aromatic carbocycles. The van der Waals surface area contributed by atoms with Gasteiger partial charge in [-0.1, -0.05) is 69.0 Å². The number of carbonyl (C=O) groups is 2. The first-order valence-corrected chi connectivity index (χ1v) is 10.9. The van der Waals surface area contributed by atoms with Crippen LogP contribution in [0.2, 0.25) is 0 Å². The minimum Gasteiger partial charge on any atom is -0.507 e. The van der Waals surface area contributed by atoms with Crippen molar-refractivity contribution in [1.82, 2.24) is 9.80 Å². The van der Waals surface area contributed by atoms with Crippen molar-refractivity contribution in [1.29, 1.82) is 0 Å². The third kappa shape index (κ3) is 4.92. The van der Waals surface area contributed by atoms with Crippen molar-refractivity contribution in [3.63, 3.8) is 0 Å². The molecule has 32 heavy (non-hydrogen) atoms. The van der Waals surface area contributed by atoms with Crippen molar-refractivity contribution in [3.05, 3.63) is 84.0 Å². The number of hydrogen-bond donors (Lipinski definition) is 1. The molecule has 1 aliphatic heterocycles. The molecule has 1 heterocycles. The molecule has 1 fully saturated rings. The Morgan fingerprint density at radius 1 is 1.09 bits per heavy atom. The van der Waals surface area contributed by atoms with E-state index in [2.05, 4.69) is 25.3 Å². The van der Waals surface area contributed by atoms with Crippen molar-refractivity contribution in [2.24, 2.45) is 0 Å². The summed E-state index contributed by atoms with van der Waals surface area (Å²) in [4.78, 5) is 29.8. The third-order valence-corrected chi connectivity index (χ3v) is 5.70. The monoisotopic (exact) mass is 434 g/mol. The average molecular weight is 435 g/mol. The maximum atomic E-state index is 13.0. The fourth-order valence-corrected chi connectivity index (χ4v) is 3.90. The van der Waals surface area contributed by atoms with Gasteiger partial charge >= 0.3 is 0 Å². The molecular weight excluding hydrogens is 404 g/mol. The topological polar surface area (TPSA) is 70.1 Å². The Hall–Kier alpha value is -3.38. The number of ketones is 1. The second-order valence-corrected chi connectivity index (χ2v) is 7.55. The fourth-order valence-electron chi connectivity index (χ4n) is 3.90. The van der Waals surface area contributed by atoms with E-state index in [1.54, 1.807) is 47.4 Å². The number of Topliss-reactive ketones (excluding diaryl/α,β-unsaturated/α-hetero) is 1. The van der Waals surface area contributed by atoms with E-state index in [-0.39, 0.29) is 11.3 Å². The summed E-state index contributed by atoms with van der Waals surface area (Å²) in [5.74, 6) is -0.752. The van der Waals surface area contributed by atoms with Crippen LogP contribution in [0.4, 0.5) is 0 Å². The predicted octanol–water partition coefficient (Wildman–Crippen LogP) is 4.01. The van der Waals surface area contributed by atoms with Gasteiger partial charge in [0.25, 0.3) is 11.7 Å². The highest BCUT2D eigenvalue weighted by Gasteiger charge is 2.45. The molecule has 168 valence electrons. The van der Waals surface area contributed by atoms with Crippen molar-refractivity contribution in [2.75, 3.05) is 32.8 Å². The van der Waals surface area contributed by atoms with Crippen molar-refractivity contribution in [2.45, 2.75) is 19.9 Å². The van der Waals surface area contributed by atoms with Gasteiger partial charge in [-0.3, -0.25) is 9.59 Å². The summed E-state index contributed by atoms with van der Waals surface area (Å²) < 4.78 is 5.56. The smallest absolute Gasteiger partial charge is 0.295 e. The van der Waals surface area contributed by atoms with Crippen LogP contribution in [0, 0.1) is 0 Å². The average Bonchev–Trinajstić information content (AvgIpc) is 3.08. The molecule has 0 saturated carbocycles. The van der Waals surface area contributed by atoms with Crippen LogP contribution < -0.4 is 4.74 Å². The second kappa shape index (κ2) is 10.8. The van der Waals surface area contributed by atoms with E-state index in [1.807, 2.05) is 18.2 Å². The number of nitrogens with zero attached hydrogens (tertiary/aromatic N) is 2. The van der Waals surface area contributed by atoms with Gasteiger partial charge in [0.05, 0.1) is 11.6 Å². The Morgan fingerprint density at radius 2 is 1.75 bits per heavy atom. The van der Waals surface area contributed by atoms with Crippen LogP contribution in [0.25, 0.3) is 5.76 Å². The summed E-state index contributed by atoms with van der Waals surface area (Å²) in [5, 5.41) is 11.0. The van der Waals surface area contributed by atoms with E-state index >= 15 is 0 Å². The molecule has 0 aliphatic carbocycles.